The number of imidazole rings is 1. The Balaban J connectivity index is 1.69. The summed E-state index contributed by atoms with van der Waals surface area (Å²) in [5, 5.41) is 0. The van der Waals surface area contributed by atoms with Gasteiger partial charge in [0, 0.05) is 26.2 Å². The molecule has 0 atom stereocenters. The molecule has 3 heterocycles. The number of aryl methyl sites for hydroxylation is 2. The SMILES string of the molecule is Cc1nc2c(c(N(C)C)n1)CCN(C(=O)c1cccc3[nH]c(C)nc13)C2. The summed E-state index contributed by atoms with van der Waals surface area (Å²) in [7, 11) is 3.97. The van der Waals surface area contributed by atoms with E-state index >= 15 is 0 Å². The second-order valence-corrected chi connectivity index (χ2v) is 6.91. The maximum Gasteiger partial charge on any atom is 0.256 e. The fourth-order valence-electron chi connectivity index (χ4n) is 3.57. The Kier molecular flexibility index (Phi) is 3.86. The Bertz CT molecular complexity index is 1010. The minimum Gasteiger partial charge on any atom is -0.362 e. The Hall–Kier alpha value is -2.96. The van der Waals surface area contributed by atoms with Crippen LogP contribution in [0.1, 0.15) is 33.3 Å². The van der Waals surface area contributed by atoms with Crippen molar-refractivity contribution in [3.63, 3.8) is 0 Å². The van der Waals surface area contributed by atoms with Crippen LogP contribution in [0.3, 0.4) is 0 Å². The van der Waals surface area contributed by atoms with Gasteiger partial charge in [0.2, 0.25) is 0 Å². The molecule has 7 heteroatoms. The van der Waals surface area contributed by atoms with Gasteiger partial charge in [0.25, 0.3) is 5.91 Å². The average molecular weight is 350 g/mol. The molecular formula is C19H22N6O. The lowest BCUT2D eigenvalue weighted by Gasteiger charge is -2.30. The van der Waals surface area contributed by atoms with Crippen LogP contribution in [0.15, 0.2) is 18.2 Å². The zero-order chi connectivity index (χ0) is 18.4. The number of carbonyl (C=O) groups excluding carboxylic acids is 1. The third-order valence-electron chi connectivity index (χ3n) is 4.73. The van der Waals surface area contributed by atoms with Gasteiger partial charge in [0.05, 0.1) is 23.3 Å². The molecule has 26 heavy (non-hydrogen) atoms. The fraction of sp³-hybridized carbons (Fsp3) is 0.368. The topological polar surface area (TPSA) is 78.0 Å². The van der Waals surface area contributed by atoms with E-state index in [1.807, 2.05) is 55.9 Å². The van der Waals surface area contributed by atoms with Crippen molar-refractivity contribution in [2.45, 2.75) is 26.8 Å². The monoisotopic (exact) mass is 350 g/mol. The number of fused-ring (bicyclic) bond motifs is 2. The van der Waals surface area contributed by atoms with Gasteiger partial charge >= 0.3 is 0 Å². The summed E-state index contributed by atoms with van der Waals surface area (Å²) in [5.41, 5.74) is 4.33. The largest absolute Gasteiger partial charge is 0.362 e. The van der Waals surface area contributed by atoms with Gasteiger partial charge in [-0.3, -0.25) is 4.79 Å². The van der Waals surface area contributed by atoms with Crippen LogP contribution in [-0.2, 0) is 13.0 Å². The maximum atomic E-state index is 13.2. The third-order valence-corrected chi connectivity index (χ3v) is 4.73. The van der Waals surface area contributed by atoms with Crippen LogP contribution in [0.25, 0.3) is 11.0 Å². The standard InChI is InChI=1S/C19H22N6O/c1-11-20-15-7-5-6-14(17(15)22-11)19(26)25-9-8-13-16(10-25)21-12(2)23-18(13)24(3)4/h5-7H,8-10H2,1-4H3,(H,20,22). The number of anilines is 1. The Morgan fingerprint density at radius 1 is 1.19 bits per heavy atom. The first-order chi connectivity index (χ1) is 12.4. The first-order valence-electron chi connectivity index (χ1n) is 8.72. The first kappa shape index (κ1) is 16.5. The quantitative estimate of drug-likeness (QED) is 0.767. The number of H-pyrrole nitrogens is 1. The van der Waals surface area contributed by atoms with E-state index in [1.165, 1.54) is 0 Å². The van der Waals surface area contributed by atoms with Gasteiger partial charge < -0.3 is 14.8 Å². The van der Waals surface area contributed by atoms with E-state index < -0.39 is 0 Å². The van der Waals surface area contributed by atoms with Crippen LogP contribution in [0.2, 0.25) is 0 Å². The third kappa shape index (κ3) is 2.69. The van der Waals surface area contributed by atoms with Crippen molar-refractivity contribution in [1.29, 1.82) is 0 Å². The molecule has 1 aliphatic rings. The van der Waals surface area contributed by atoms with Crippen LogP contribution in [-0.4, -0.2) is 51.4 Å². The van der Waals surface area contributed by atoms with Gasteiger partial charge in [-0.15, -0.1) is 0 Å². The predicted octanol–water partition coefficient (Wildman–Crippen LogP) is 2.23. The summed E-state index contributed by atoms with van der Waals surface area (Å²) in [6.45, 7) is 4.94. The molecule has 0 aliphatic carbocycles. The molecule has 0 bridgehead atoms. The van der Waals surface area contributed by atoms with Gasteiger partial charge in [0.15, 0.2) is 0 Å². The molecule has 0 unspecified atom stereocenters. The normalized spacial score (nSPS) is 13.8. The number of hydrogen-bond donors (Lipinski definition) is 1. The molecular weight excluding hydrogens is 328 g/mol. The molecule has 0 spiro atoms. The second kappa shape index (κ2) is 6.09. The van der Waals surface area contributed by atoms with E-state index in [0.29, 0.717) is 18.7 Å². The molecule has 1 aliphatic heterocycles. The molecule has 1 aromatic carbocycles. The smallest absolute Gasteiger partial charge is 0.256 e. The van der Waals surface area contributed by atoms with E-state index in [-0.39, 0.29) is 5.91 Å². The number of carbonyl (C=O) groups is 1. The molecule has 3 aromatic rings. The summed E-state index contributed by atoms with van der Waals surface area (Å²) >= 11 is 0. The molecule has 1 amide bonds. The minimum atomic E-state index is -0.00424. The van der Waals surface area contributed by atoms with E-state index in [2.05, 4.69) is 19.9 Å². The number of nitrogens with one attached hydrogen (secondary N) is 1. The number of aromatic nitrogens is 4. The van der Waals surface area contributed by atoms with Crippen LogP contribution < -0.4 is 4.90 Å². The van der Waals surface area contributed by atoms with Crippen LogP contribution in [0, 0.1) is 13.8 Å². The average Bonchev–Trinajstić information content (AvgIpc) is 2.99. The molecule has 0 fully saturated rings. The van der Waals surface area contributed by atoms with Gasteiger partial charge in [-0.05, 0) is 32.4 Å². The highest BCUT2D eigenvalue weighted by molar-refractivity contribution is 6.05. The molecule has 2 aromatic heterocycles. The number of rotatable bonds is 2. The highest BCUT2D eigenvalue weighted by atomic mass is 16.2. The molecule has 0 radical (unpaired) electrons. The Labute approximate surface area is 152 Å². The first-order valence-corrected chi connectivity index (χ1v) is 8.72. The van der Waals surface area contributed by atoms with E-state index in [0.717, 1.165) is 46.2 Å². The minimum absolute atomic E-state index is 0.00424. The second-order valence-electron chi connectivity index (χ2n) is 6.91. The van der Waals surface area contributed by atoms with Crippen molar-refractivity contribution in [2.24, 2.45) is 0 Å². The highest BCUT2D eigenvalue weighted by Crippen LogP contribution is 2.27. The number of nitrogens with zero attached hydrogens (tertiary/aromatic N) is 5. The van der Waals surface area contributed by atoms with Gasteiger partial charge in [-0.2, -0.15) is 0 Å². The summed E-state index contributed by atoms with van der Waals surface area (Å²) in [4.78, 5) is 33.9. The zero-order valence-corrected chi connectivity index (χ0v) is 15.5. The van der Waals surface area contributed by atoms with Gasteiger partial charge in [-0.25, -0.2) is 15.0 Å². The van der Waals surface area contributed by atoms with Crippen LogP contribution in [0.5, 0.6) is 0 Å². The van der Waals surface area contributed by atoms with E-state index in [1.54, 1.807) is 0 Å². The van der Waals surface area contributed by atoms with Crippen molar-refractivity contribution in [3.05, 3.63) is 46.7 Å². The summed E-state index contributed by atoms with van der Waals surface area (Å²) in [5.74, 6) is 2.48. The number of amides is 1. The summed E-state index contributed by atoms with van der Waals surface area (Å²) in [6.07, 6.45) is 0.754. The summed E-state index contributed by atoms with van der Waals surface area (Å²) in [6, 6.07) is 5.68. The van der Waals surface area contributed by atoms with Gasteiger partial charge in [0.1, 0.15) is 23.0 Å². The summed E-state index contributed by atoms with van der Waals surface area (Å²) < 4.78 is 0. The lowest BCUT2D eigenvalue weighted by Crippen LogP contribution is -2.37. The number of para-hydroxylation sites is 1. The van der Waals surface area contributed by atoms with Crippen molar-refractivity contribution in [1.82, 2.24) is 24.8 Å². The number of benzene rings is 1. The van der Waals surface area contributed by atoms with Crippen molar-refractivity contribution in [3.8, 4) is 0 Å². The Morgan fingerprint density at radius 2 is 2.00 bits per heavy atom. The van der Waals surface area contributed by atoms with Crippen molar-refractivity contribution in [2.75, 3.05) is 25.5 Å². The molecule has 7 nitrogen and oxygen atoms in total. The highest BCUT2D eigenvalue weighted by Gasteiger charge is 2.27. The van der Waals surface area contributed by atoms with E-state index in [4.69, 9.17) is 0 Å². The zero-order valence-electron chi connectivity index (χ0n) is 15.5. The maximum absolute atomic E-state index is 13.2. The number of hydrogen-bond acceptors (Lipinski definition) is 5. The fourth-order valence-corrected chi connectivity index (χ4v) is 3.57. The molecule has 134 valence electrons. The molecule has 0 saturated heterocycles. The molecule has 1 N–H and O–H groups in total. The van der Waals surface area contributed by atoms with Crippen LogP contribution >= 0.6 is 0 Å². The van der Waals surface area contributed by atoms with Gasteiger partial charge in [-0.1, -0.05) is 6.07 Å². The van der Waals surface area contributed by atoms with E-state index in [9.17, 15) is 4.79 Å². The lowest BCUT2D eigenvalue weighted by atomic mass is 10.0. The number of aromatic amines is 1. The lowest BCUT2D eigenvalue weighted by molar-refractivity contribution is 0.0733. The Morgan fingerprint density at radius 3 is 2.77 bits per heavy atom. The van der Waals surface area contributed by atoms with Crippen molar-refractivity contribution < 1.29 is 4.79 Å². The molecule has 4 rings (SSSR count). The van der Waals surface area contributed by atoms with Crippen LogP contribution in [0.4, 0.5) is 5.82 Å². The predicted molar refractivity (Wildman–Crippen MR) is 100 cm³/mol. The van der Waals surface area contributed by atoms with Crippen molar-refractivity contribution >= 4 is 22.8 Å². The molecule has 0 saturated carbocycles.